The van der Waals surface area contributed by atoms with Crippen molar-refractivity contribution in [3.05, 3.63) is 40.3 Å². The first-order valence-corrected chi connectivity index (χ1v) is 7.07. The van der Waals surface area contributed by atoms with E-state index in [0.717, 1.165) is 27.8 Å². The quantitative estimate of drug-likeness (QED) is 0.878. The summed E-state index contributed by atoms with van der Waals surface area (Å²) in [5, 5.41) is 3.28. The maximum atomic E-state index is 4.54. The van der Waals surface area contributed by atoms with Gasteiger partial charge in [-0.15, -0.1) is 0 Å². The zero-order valence-corrected chi connectivity index (χ0v) is 12.2. The molecule has 3 rings (SSSR count). The fraction of sp³-hybridized carbons (Fsp3) is 0.385. The SMILES string of the molecule is Cc1nccc(CNc2cc(Br)nc(C3CC3)n2)n1. The van der Waals surface area contributed by atoms with Gasteiger partial charge in [-0.05, 0) is 41.8 Å². The molecule has 2 heterocycles. The van der Waals surface area contributed by atoms with Gasteiger partial charge in [-0.2, -0.15) is 0 Å². The van der Waals surface area contributed by atoms with Gasteiger partial charge in [0.2, 0.25) is 0 Å². The van der Waals surface area contributed by atoms with Crippen LogP contribution in [0.25, 0.3) is 0 Å². The molecule has 0 radical (unpaired) electrons. The molecule has 1 fully saturated rings. The minimum Gasteiger partial charge on any atom is -0.364 e. The molecule has 1 aliphatic rings. The molecule has 2 aromatic heterocycles. The van der Waals surface area contributed by atoms with Gasteiger partial charge < -0.3 is 5.32 Å². The minimum absolute atomic E-state index is 0.541. The molecule has 19 heavy (non-hydrogen) atoms. The number of rotatable bonds is 4. The first kappa shape index (κ1) is 12.5. The summed E-state index contributed by atoms with van der Waals surface area (Å²) in [6.45, 7) is 2.52. The number of hydrogen-bond donors (Lipinski definition) is 1. The lowest BCUT2D eigenvalue weighted by molar-refractivity contribution is 0.900. The Labute approximate surface area is 120 Å². The van der Waals surface area contributed by atoms with E-state index in [1.165, 1.54) is 12.8 Å². The Morgan fingerprint density at radius 2 is 2.16 bits per heavy atom. The topological polar surface area (TPSA) is 63.6 Å². The molecule has 6 heteroatoms. The Kier molecular flexibility index (Phi) is 3.42. The molecule has 1 saturated carbocycles. The maximum Gasteiger partial charge on any atom is 0.135 e. The number of nitrogens with one attached hydrogen (secondary N) is 1. The highest BCUT2D eigenvalue weighted by atomic mass is 79.9. The van der Waals surface area contributed by atoms with E-state index in [2.05, 4.69) is 41.2 Å². The van der Waals surface area contributed by atoms with Crippen LogP contribution in [0.15, 0.2) is 22.9 Å². The van der Waals surface area contributed by atoms with Crippen LogP contribution in [0.3, 0.4) is 0 Å². The minimum atomic E-state index is 0.541. The van der Waals surface area contributed by atoms with Gasteiger partial charge in [0.15, 0.2) is 0 Å². The summed E-state index contributed by atoms with van der Waals surface area (Å²) >= 11 is 3.43. The van der Waals surface area contributed by atoms with E-state index in [1.54, 1.807) is 6.20 Å². The number of nitrogens with zero attached hydrogens (tertiary/aromatic N) is 4. The third kappa shape index (κ3) is 3.26. The summed E-state index contributed by atoms with van der Waals surface area (Å²) in [5.74, 6) is 3.08. The lowest BCUT2D eigenvalue weighted by Gasteiger charge is -2.07. The highest BCUT2D eigenvalue weighted by Gasteiger charge is 2.27. The zero-order chi connectivity index (χ0) is 13.2. The maximum absolute atomic E-state index is 4.54. The molecule has 5 nitrogen and oxygen atoms in total. The smallest absolute Gasteiger partial charge is 0.135 e. The molecule has 0 bridgehead atoms. The van der Waals surface area contributed by atoms with Gasteiger partial charge in [0.05, 0.1) is 12.2 Å². The highest BCUT2D eigenvalue weighted by Crippen LogP contribution is 2.38. The molecule has 0 aromatic carbocycles. The van der Waals surface area contributed by atoms with Gasteiger partial charge in [-0.1, -0.05) is 0 Å². The summed E-state index contributed by atoms with van der Waals surface area (Å²) in [7, 11) is 0. The summed E-state index contributed by atoms with van der Waals surface area (Å²) in [6.07, 6.45) is 4.16. The number of halogens is 1. The van der Waals surface area contributed by atoms with Crippen LogP contribution in [0, 0.1) is 6.92 Å². The molecule has 1 aliphatic carbocycles. The molecule has 98 valence electrons. The number of aryl methyl sites for hydroxylation is 1. The van der Waals surface area contributed by atoms with E-state index in [1.807, 2.05) is 19.1 Å². The molecule has 0 saturated heterocycles. The lowest BCUT2D eigenvalue weighted by atomic mass is 10.3. The molecular weight excluding hydrogens is 306 g/mol. The van der Waals surface area contributed by atoms with Crippen molar-refractivity contribution in [1.82, 2.24) is 19.9 Å². The van der Waals surface area contributed by atoms with Crippen LogP contribution in [0.2, 0.25) is 0 Å². The average Bonchev–Trinajstić information content (AvgIpc) is 3.20. The van der Waals surface area contributed by atoms with E-state index in [0.29, 0.717) is 12.5 Å². The van der Waals surface area contributed by atoms with Crippen molar-refractivity contribution in [3.63, 3.8) is 0 Å². The Bertz CT molecular complexity index is 597. The van der Waals surface area contributed by atoms with Crippen LogP contribution in [0.4, 0.5) is 5.82 Å². The van der Waals surface area contributed by atoms with Crippen LogP contribution in [-0.4, -0.2) is 19.9 Å². The van der Waals surface area contributed by atoms with Crippen LogP contribution < -0.4 is 5.32 Å². The van der Waals surface area contributed by atoms with E-state index in [9.17, 15) is 0 Å². The largest absolute Gasteiger partial charge is 0.364 e. The van der Waals surface area contributed by atoms with Gasteiger partial charge >= 0.3 is 0 Å². The summed E-state index contributed by atoms with van der Waals surface area (Å²) in [6, 6.07) is 3.79. The average molecular weight is 320 g/mol. The van der Waals surface area contributed by atoms with Crippen LogP contribution in [0.5, 0.6) is 0 Å². The standard InChI is InChI=1S/C13H14BrN5/c1-8-15-5-4-10(17-8)7-16-12-6-11(14)18-13(19-12)9-2-3-9/h4-6,9H,2-3,7H2,1H3,(H,16,18,19). The lowest BCUT2D eigenvalue weighted by Crippen LogP contribution is -2.06. The van der Waals surface area contributed by atoms with Crippen molar-refractivity contribution < 1.29 is 0 Å². The first-order chi connectivity index (χ1) is 9.20. The summed E-state index contributed by atoms with van der Waals surface area (Å²) < 4.78 is 0.825. The predicted octanol–water partition coefficient (Wildman–Crippen LogP) is 2.83. The third-order valence-electron chi connectivity index (χ3n) is 2.94. The Morgan fingerprint density at radius 3 is 2.89 bits per heavy atom. The molecule has 2 aromatic rings. The molecule has 0 spiro atoms. The fourth-order valence-electron chi connectivity index (χ4n) is 1.83. The van der Waals surface area contributed by atoms with E-state index in [4.69, 9.17) is 0 Å². The molecule has 0 atom stereocenters. The van der Waals surface area contributed by atoms with Crippen molar-refractivity contribution in [2.75, 3.05) is 5.32 Å². The predicted molar refractivity (Wildman–Crippen MR) is 75.8 cm³/mol. The van der Waals surface area contributed by atoms with Crippen LogP contribution in [0.1, 0.15) is 36.1 Å². The molecule has 0 aliphatic heterocycles. The van der Waals surface area contributed by atoms with Crippen LogP contribution >= 0.6 is 15.9 Å². The van der Waals surface area contributed by atoms with Crippen molar-refractivity contribution in [1.29, 1.82) is 0 Å². The van der Waals surface area contributed by atoms with Crippen molar-refractivity contribution in [2.24, 2.45) is 0 Å². The second kappa shape index (κ2) is 5.21. The van der Waals surface area contributed by atoms with Gasteiger partial charge in [0.25, 0.3) is 0 Å². The van der Waals surface area contributed by atoms with Gasteiger partial charge in [0.1, 0.15) is 22.1 Å². The van der Waals surface area contributed by atoms with Crippen molar-refractivity contribution in [2.45, 2.75) is 32.2 Å². The van der Waals surface area contributed by atoms with Gasteiger partial charge in [0, 0.05) is 18.2 Å². The second-order valence-electron chi connectivity index (χ2n) is 4.66. The Hall–Kier alpha value is -1.56. The molecule has 0 amide bonds. The van der Waals surface area contributed by atoms with Crippen molar-refractivity contribution >= 4 is 21.7 Å². The first-order valence-electron chi connectivity index (χ1n) is 6.27. The highest BCUT2D eigenvalue weighted by molar-refractivity contribution is 9.10. The summed E-state index contributed by atoms with van der Waals surface area (Å²) in [5.41, 5.74) is 0.954. The third-order valence-corrected chi connectivity index (χ3v) is 3.35. The molecular formula is C13H14BrN5. The Balaban J connectivity index is 1.72. The van der Waals surface area contributed by atoms with Gasteiger partial charge in [-0.25, -0.2) is 19.9 Å². The Morgan fingerprint density at radius 1 is 1.32 bits per heavy atom. The fourth-order valence-corrected chi connectivity index (χ4v) is 2.23. The molecule has 1 N–H and O–H groups in total. The van der Waals surface area contributed by atoms with Crippen molar-refractivity contribution in [3.8, 4) is 0 Å². The van der Waals surface area contributed by atoms with Crippen LogP contribution in [-0.2, 0) is 6.54 Å². The van der Waals surface area contributed by atoms with E-state index >= 15 is 0 Å². The molecule has 0 unspecified atom stereocenters. The van der Waals surface area contributed by atoms with E-state index < -0.39 is 0 Å². The zero-order valence-electron chi connectivity index (χ0n) is 10.6. The number of anilines is 1. The number of aromatic nitrogens is 4. The second-order valence-corrected chi connectivity index (χ2v) is 5.47. The van der Waals surface area contributed by atoms with Gasteiger partial charge in [-0.3, -0.25) is 0 Å². The van der Waals surface area contributed by atoms with E-state index in [-0.39, 0.29) is 0 Å². The summed E-state index contributed by atoms with van der Waals surface area (Å²) in [4.78, 5) is 17.4. The number of hydrogen-bond acceptors (Lipinski definition) is 5. The monoisotopic (exact) mass is 319 g/mol. The normalized spacial score (nSPS) is 14.4.